The van der Waals surface area contributed by atoms with E-state index in [1.165, 1.54) is 22.3 Å². The van der Waals surface area contributed by atoms with Crippen LogP contribution in [0.4, 0.5) is 0 Å². The molecule has 21 heteroatoms. The molecule has 640 valence electrons. The van der Waals surface area contributed by atoms with Gasteiger partial charge >= 0.3 is 0 Å². The van der Waals surface area contributed by atoms with E-state index in [2.05, 4.69) is 299 Å². The number of fused-ring (bicyclic) bond motifs is 15. The second-order valence-corrected chi connectivity index (χ2v) is 33.5. The Morgan fingerprint density at radius 3 is 0.585 bits per heavy atom. The van der Waals surface area contributed by atoms with Gasteiger partial charge in [0.05, 0.1) is 55.2 Å². The number of benzene rings is 17. The van der Waals surface area contributed by atoms with Crippen LogP contribution in [0.3, 0.4) is 0 Å². The zero-order valence-corrected chi connectivity index (χ0v) is 74.6. The molecule has 17 nitrogen and oxygen atoms in total. The SMILES string of the molecule is Clc1nc(-c2ccccc2)nc(-n2c3ccc(-c4ccccc4)cc3c3cc(-c4ccccc4)ccc32)n1.Clc1nc(-c2ccccc2)nc(-n2c3ccccc3c3cc(-c4ccccc4)ccc32)n1.Clc1nc(-c2ccccc2)nc(-n2c3ccccc3c3ccc(-c4ccccc4)cc32)n1.Clc1nc(-n2c3ccccc3c3ccccc32)nc(-n2c3ccccc3c3ccccc32)n1. The molecule has 17 aromatic carbocycles. The van der Waals surface area contributed by atoms with Gasteiger partial charge < -0.3 is 0 Å². The van der Waals surface area contributed by atoms with Gasteiger partial charge in [0.2, 0.25) is 50.9 Å². The van der Waals surface area contributed by atoms with Crippen LogP contribution in [0.2, 0.25) is 21.1 Å². The van der Waals surface area contributed by atoms with Gasteiger partial charge in [-0.1, -0.05) is 352 Å². The molecule has 9 aromatic heterocycles. The first-order valence-electron chi connectivity index (χ1n) is 43.8. The van der Waals surface area contributed by atoms with Crippen LogP contribution in [0.1, 0.15) is 0 Å². The summed E-state index contributed by atoms with van der Waals surface area (Å²) in [5.41, 5.74) is 22.1. The van der Waals surface area contributed by atoms with E-state index in [1.54, 1.807) is 0 Å². The summed E-state index contributed by atoms with van der Waals surface area (Å²) in [7, 11) is 0. The van der Waals surface area contributed by atoms with Gasteiger partial charge in [0.1, 0.15) is 0 Å². The van der Waals surface area contributed by atoms with Crippen molar-refractivity contribution in [2.24, 2.45) is 0 Å². The molecule has 0 amide bonds. The Bertz CT molecular complexity index is 8650. The van der Waals surface area contributed by atoms with Crippen molar-refractivity contribution in [1.29, 1.82) is 0 Å². The lowest BCUT2D eigenvalue weighted by Crippen LogP contribution is -2.08. The van der Waals surface area contributed by atoms with E-state index in [9.17, 15) is 0 Å². The molecule has 26 aromatic rings. The third-order valence-electron chi connectivity index (χ3n) is 24.2. The Hall–Kier alpha value is -17.1. The number of para-hydroxylation sites is 6. The number of halogens is 4. The van der Waals surface area contributed by atoms with Gasteiger partial charge in [0, 0.05) is 70.6 Å². The average molecular weight is 1820 g/mol. The second-order valence-electron chi connectivity index (χ2n) is 32.2. The highest BCUT2D eigenvalue weighted by atomic mass is 35.5. The molecule has 0 aliphatic carbocycles. The van der Waals surface area contributed by atoms with Crippen LogP contribution in [0.25, 0.3) is 217 Å². The normalized spacial score (nSPS) is 11.4. The second kappa shape index (κ2) is 35.7. The van der Waals surface area contributed by atoms with Gasteiger partial charge in [-0.3, -0.25) is 22.8 Å². The summed E-state index contributed by atoms with van der Waals surface area (Å²) in [6.45, 7) is 0. The first-order valence-corrected chi connectivity index (χ1v) is 45.3. The Morgan fingerprint density at radius 2 is 0.311 bits per heavy atom. The molecule has 0 fully saturated rings. The van der Waals surface area contributed by atoms with Gasteiger partial charge in [-0.25, -0.2) is 0 Å². The van der Waals surface area contributed by atoms with Crippen LogP contribution in [-0.4, -0.2) is 82.6 Å². The van der Waals surface area contributed by atoms with Crippen molar-refractivity contribution in [2.75, 3.05) is 0 Å². The van der Waals surface area contributed by atoms with E-state index >= 15 is 0 Å². The maximum Gasteiger partial charge on any atom is 0.240 e. The van der Waals surface area contributed by atoms with Gasteiger partial charge in [-0.05, 0) is 170 Å². The molecule has 0 spiro atoms. The minimum absolute atomic E-state index is 0.152. The van der Waals surface area contributed by atoms with Crippen LogP contribution < -0.4 is 0 Å². The quantitative estimate of drug-likeness (QED) is 0.113. The summed E-state index contributed by atoms with van der Waals surface area (Å²) in [5.74, 6) is 4.11. The molecule has 9 heterocycles. The zero-order valence-electron chi connectivity index (χ0n) is 71.6. The third kappa shape index (κ3) is 15.8. The van der Waals surface area contributed by atoms with Crippen molar-refractivity contribution in [3.63, 3.8) is 0 Å². The molecule has 0 aliphatic heterocycles. The fourth-order valence-corrected chi connectivity index (χ4v) is 18.7. The molecular weight excluding hydrogens is 1750 g/mol. The van der Waals surface area contributed by atoms with Crippen LogP contribution in [0.5, 0.6) is 0 Å². The van der Waals surface area contributed by atoms with Gasteiger partial charge in [0.15, 0.2) is 17.5 Å². The van der Waals surface area contributed by atoms with E-state index in [4.69, 9.17) is 66.3 Å². The highest BCUT2D eigenvalue weighted by molar-refractivity contribution is 6.29. The molecule has 0 saturated heterocycles. The lowest BCUT2D eigenvalue weighted by Gasteiger charge is -2.10. The van der Waals surface area contributed by atoms with Gasteiger partial charge in [-0.2, -0.15) is 59.8 Å². The summed E-state index contributed by atoms with van der Waals surface area (Å²) in [6.07, 6.45) is 0. The molecule has 0 N–H and O–H groups in total. The molecule has 135 heavy (non-hydrogen) atoms. The number of rotatable bonds is 12. The monoisotopic (exact) mass is 1820 g/mol. The fraction of sp³-hybridized carbons (Fsp3) is 0. The van der Waals surface area contributed by atoms with Crippen molar-refractivity contribution < 1.29 is 0 Å². The zero-order chi connectivity index (χ0) is 90.4. The standard InChI is InChI=1S/C33H21ClN4.C27H16ClN5.2C27H17ClN4/c34-32-35-31(24-14-8-3-9-15-24)36-33(37-32)38-29-18-16-25(22-10-4-1-5-11-22)20-27(29)28-21-26(17-19-30(28)38)23-12-6-2-7-13-23;28-25-29-26(32-21-13-5-1-9-17(21)18-10-2-6-14-22(18)32)31-27(30-25)33-23-15-7-3-11-19(23)20-12-4-8-16-24(20)33;28-26-29-25(19-11-5-2-6-12-19)30-27(31-26)32-23-14-8-7-13-21(23)22-17-20(15-16-24(22)32)18-9-3-1-4-10-18;28-26-29-25(19-11-5-2-6-12-19)30-27(31-26)32-23-14-8-7-13-21(23)22-16-15-20(17-24(22)32)18-9-3-1-4-10-18/h1-21H;1-16H;2*1-17H. The third-order valence-corrected chi connectivity index (χ3v) is 24.8. The van der Waals surface area contributed by atoms with E-state index in [0.29, 0.717) is 47.2 Å². The Morgan fingerprint density at radius 1 is 0.126 bits per heavy atom. The molecule has 26 rings (SSSR count). The van der Waals surface area contributed by atoms with Crippen molar-refractivity contribution in [3.8, 4) is 108 Å². The lowest BCUT2D eigenvalue weighted by molar-refractivity contribution is 0.887. The Labute approximate surface area is 792 Å². The van der Waals surface area contributed by atoms with Gasteiger partial charge in [0.25, 0.3) is 0 Å². The molecule has 0 atom stereocenters. The topological polar surface area (TPSA) is 179 Å². The van der Waals surface area contributed by atoms with E-state index < -0.39 is 0 Å². The van der Waals surface area contributed by atoms with Crippen LogP contribution in [0.15, 0.2) is 431 Å². The predicted octanol–water partition coefficient (Wildman–Crippen LogP) is 29.3. The number of nitrogens with zero attached hydrogens (tertiary/aromatic N) is 17. The Kier molecular flexibility index (Phi) is 21.8. The summed E-state index contributed by atoms with van der Waals surface area (Å²) in [5, 5.41) is 12.0. The molecule has 0 radical (unpaired) electrons. The maximum absolute atomic E-state index is 6.50. The van der Waals surface area contributed by atoms with Crippen LogP contribution in [-0.2, 0) is 0 Å². The summed E-state index contributed by atoms with van der Waals surface area (Å²) < 4.78 is 10.3. The van der Waals surface area contributed by atoms with E-state index in [1.807, 2.05) is 194 Å². The highest BCUT2D eigenvalue weighted by Crippen LogP contribution is 2.42. The molecule has 0 unspecified atom stereocenters. The van der Waals surface area contributed by atoms with Gasteiger partial charge in [-0.15, -0.1) is 0 Å². The fourth-order valence-electron chi connectivity index (χ4n) is 18.1. The largest absolute Gasteiger partial charge is 0.278 e. The number of aromatic nitrogens is 17. The number of hydrogen-bond acceptors (Lipinski definition) is 12. The summed E-state index contributed by atoms with van der Waals surface area (Å²) in [4.78, 5) is 55.2. The van der Waals surface area contributed by atoms with Crippen LogP contribution >= 0.6 is 46.4 Å². The average Bonchev–Trinajstić information content (AvgIpc) is 1.60. The minimum Gasteiger partial charge on any atom is -0.278 e. The van der Waals surface area contributed by atoms with Crippen molar-refractivity contribution in [3.05, 3.63) is 452 Å². The number of hydrogen-bond donors (Lipinski definition) is 0. The molecular formula is C114H71Cl4N17. The van der Waals surface area contributed by atoms with Crippen molar-refractivity contribution >= 4 is 155 Å². The molecule has 0 bridgehead atoms. The highest BCUT2D eigenvalue weighted by Gasteiger charge is 2.25. The van der Waals surface area contributed by atoms with Crippen LogP contribution in [0, 0.1) is 0 Å². The Balaban J connectivity index is 0.000000102. The minimum atomic E-state index is 0.152. The first kappa shape index (κ1) is 82.4. The first-order chi connectivity index (χ1) is 66.6. The summed E-state index contributed by atoms with van der Waals surface area (Å²) in [6, 6.07) is 147. The predicted molar refractivity (Wildman–Crippen MR) is 549 cm³/mol. The maximum atomic E-state index is 6.50. The van der Waals surface area contributed by atoms with E-state index in [-0.39, 0.29) is 21.1 Å². The van der Waals surface area contributed by atoms with E-state index in [0.717, 1.165) is 148 Å². The smallest absolute Gasteiger partial charge is 0.240 e. The lowest BCUT2D eigenvalue weighted by atomic mass is 10.0. The molecule has 0 saturated carbocycles. The summed E-state index contributed by atoms with van der Waals surface area (Å²) >= 11 is 25.7. The van der Waals surface area contributed by atoms with Crippen molar-refractivity contribution in [1.82, 2.24) is 82.6 Å². The molecule has 0 aliphatic rings. The van der Waals surface area contributed by atoms with Crippen molar-refractivity contribution in [2.45, 2.75) is 0 Å².